The number of hydrogen-bond acceptors (Lipinski definition) is 3. The van der Waals surface area contributed by atoms with Gasteiger partial charge in [0.2, 0.25) is 0 Å². The van der Waals surface area contributed by atoms with Gasteiger partial charge in [0, 0.05) is 23.7 Å². The molecule has 3 nitrogen and oxygen atoms in total. The molecule has 0 aromatic heterocycles. The zero-order valence-electron chi connectivity index (χ0n) is 9.77. The third-order valence-corrected chi connectivity index (χ3v) is 3.66. The molecule has 4 heteroatoms. The second-order valence-corrected chi connectivity index (χ2v) is 5.29. The minimum Gasteiger partial charge on any atom is -0.492 e. The van der Waals surface area contributed by atoms with Crippen molar-refractivity contribution in [3.63, 3.8) is 0 Å². The molecule has 1 aliphatic rings. The van der Waals surface area contributed by atoms with Gasteiger partial charge in [0.1, 0.15) is 12.4 Å². The molecule has 94 valence electrons. The zero-order valence-corrected chi connectivity index (χ0v) is 11.4. The van der Waals surface area contributed by atoms with E-state index in [0.29, 0.717) is 12.5 Å². The van der Waals surface area contributed by atoms with Crippen LogP contribution in [0, 0.1) is 5.92 Å². The lowest BCUT2D eigenvalue weighted by molar-refractivity contribution is 0.0521. The SMILES string of the molecule is NC(COc1ccc(Br)cc1)C1CCOCC1. The van der Waals surface area contributed by atoms with Crippen LogP contribution in [0.4, 0.5) is 0 Å². The van der Waals surface area contributed by atoms with Crippen molar-refractivity contribution in [1.29, 1.82) is 0 Å². The summed E-state index contributed by atoms with van der Waals surface area (Å²) in [7, 11) is 0. The van der Waals surface area contributed by atoms with Crippen molar-refractivity contribution in [2.24, 2.45) is 11.7 Å². The maximum atomic E-state index is 6.14. The van der Waals surface area contributed by atoms with Gasteiger partial charge in [-0.1, -0.05) is 15.9 Å². The Bertz CT molecular complexity index is 336. The van der Waals surface area contributed by atoms with E-state index in [2.05, 4.69) is 15.9 Å². The van der Waals surface area contributed by atoms with E-state index in [4.69, 9.17) is 15.2 Å². The predicted molar refractivity (Wildman–Crippen MR) is 71.2 cm³/mol. The summed E-state index contributed by atoms with van der Waals surface area (Å²) >= 11 is 3.39. The molecule has 17 heavy (non-hydrogen) atoms. The highest BCUT2D eigenvalue weighted by Crippen LogP contribution is 2.20. The molecule has 1 atom stereocenters. The molecule has 2 N–H and O–H groups in total. The van der Waals surface area contributed by atoms with Crippen LogP contribution in [0.15, 0.2) is 28.7 Å². The van der Waals surface area contributed by atoms with Gasteiger partial charge in [0.15, 0.2) is 0 Å². The molecule has 1 fully saturated rings. The minimum absolute atomic E-state index is 0.0996. The van der Waals surface area contributed by atoms with Gasteiger partial charge in [-0.25, -0.2) is 0 Å². The quantitative estimate of drug-likeness (QED) is 0.929. The first kappa shape index (κ1) is 12.9. The second kappa shape index (κ2) is 6.38. The van der Waals surface area contributed by atoms with E-state index in [-0.39, 0.29) is 6.04 Å². The topological polar surface area (TPSA) is 44.5 Å². The molecule has 0 saturated carbocycles. The Hall–Kier alpha value is -0.580. The molecule has 1 aliphatic heterocycles. The van der Waals surface area contributed by atoms with E-state index in [1.54, 1.807) is 0 Å². The van der Waals surface area contributed by atoms with Gasteiger partial charge in [0.25, 0.3) is 0 Å². The Labute approximate surface area is 110 Å². The Morgan fingerprint density at radius 2 is 1.94 bits per heavy atom. The highest BCUT2D eigenvalue weighted by atomic mass is 79.9. The fraction of sp³-hybridized carbons (Fsp3) is 0.538. The third-order valence-electron chi connectivity index (χ3n) is 3.13. The lowest BCUT2D eigenvalue weighted by atomic mass is 9.93. The van der Waals surface area contributed by atoms with Gasteiger partial charge in [-0.2, -0.15) is 0 Å². The predicted octanol–water partition coefficient (Wildman–Crippen LogP) is 2.58. The molecule has 1 aromatic carbocycles. The molecule has 0 aliphatic carbocycles. The zero-order chi connectivity index (χ0) is 12.1. The minimum atomic E-state index is 0.0996. The van der Waals surface area contributed by atoms with Crippen LogP contribution >= 0.6 is 15.9 Å². The smallest absolute Gasteiger partial charge is 0.119 e. The van der Waals surface area contributed by atoms with Crippen LogP contribution in [0.5, 0.6) is 5.75 Å². The van der Waals surface area contributed by atoms with Crippen molar-refractivity contribution >= 4 is 15.9 Å². The lowest BCUT2D eigenvalue weighted by Gasteiger charge is -2.27. The summed E-state index contributed by atoms with van der Waals surface area (Å²) in [6, 6.07) is 7.93. The average molecular weight is 300 g/mol. The van der Waals surface area contributed by atoms with Crippen LogP contribution < -0.4 is 10.5 Å². The average Bonchev–Trinajstić information content (AvgIpc) is 2.39. The molecule has 0 bridgehead atoms. The van der Waals surface area contributed by atoms with Crippen LogP contribution in [0.2, 0.25) is 0 Å². The molecular weight excluding hydrogens is 282 g/mol. The lowest BCUT2D eigenvalue weighted by Crippen LogP contribution is -2.38. The molecule has 1 heterocycles. The number of nitrogens with two attached hydrogens (primary N) is 1. The van der Waals surface area contributed by atoms with Crippen molar-refractivity contribution in [2.75, 3.05) is 19.8 Å². The maximum Gasteiger partial charge on any atom is 0.119 e. The molecule has 1 aromatic rings. The standard InChI is InChI=1S/C13H18BrNO2/c14-11-1-3-12(4-2-11)17-9-13(15)10-5-7-16-8-6-10/h1-4,10,13H,5-9,15H2. The number of benzene rings is 1. The van der Waals surface area contributed by atoms with Crippen molar-refractivity contribution < 1.29 is 9.47 Å². The Morgan fingerprint density at radius 1 is 1.29 bits per heavy atom. The van der Waals surface area contributed by atoms with Crippen LogP contribution in [0.1, 0.15) is 12.8 Å². The van der Waals surface area contributed by atoms with E-state index in [0.717, 1.165) is 36.3 Å². The first-order valence-corrected chi connectivity index (χ1v) is 6.76. The molecule has 2 rings (SSSR count). The van der Waals surface area contributed by atoms with Gasteiger partial charge in [-0.15, -0.1) is 0 Å². The summed E-state index contributed by atoms with van der Waals surface area (Å²) in [6.45, 7) is 2.24. The molecule has 0 radical (unpaired) electrons. The van der Waals surface area contributed by atoms with E-state index in [1.807, 2.05) is 24.3 Å². The van der Waals surface area contributed by atoms with E-state index >= 15 is 0 Å². The van der Waals surface area contributed by atoms with Crippen LogP contribution in [0.25, 0.3) is 0 Å². The number of halogens is 1. The van der Waals surface area contributed by atoms with Crippen molar-refractivity contribution in [3.8, 4) is 5.75 Å². The number of rotatable bonds is 4. The molecular formula is C13H18BrNO2. The number of hydrogen-bond donors (Lipinski definition) is 1. The third kappa shape index (κ3) is 3.98. The first-order chi connectivity index (χ1) is 8.25. The Balaban J connectivity index is 1.78. The van der Waals surface area contributed by atoms with E-state index in [9.17, 15) is 0 Å². The van der Waals surface area contributed by atoms with Gasteiger partial charge in [0.05, 0.1) is 0 Å². The monoisotopic (exact) mass is 299 g/mol. The summed E-state index contributed by atoms with van der Waals surface area (Å²) in [6.07, 6.45) is 2.09. The largest absolute Gasteiger partial charge is 0.492 e. The van der Waals surface area contributed by atoms with Gasteiger partial charge in [-0.05, 0) is 43.0 Å². The fourth-order valence-corrected chi connectivity index (χ4v) is 2.27. The highest BCUT2D eigenvalue weighted by molar-refractivity contribution is 9.10. The fourth-order valence-electron chi connectivity index (χ4n) is 2.00. The summed E-state index contributed by atoms with van der Waals surface area (Å²) in [5.41, 5.74) is 6.14. The van der Waals surface area contributed by atoms with Gasteiger partial charge >= 0.3 is 0 Å². The van der Waals surface area contributed by atoms with Gasteiger partial charge in [-0.3, -0.25) is 0 Å². The highest BCUT2D eigenvalue weighted by Gasteiger charge is 2.21. The maximum absolute atomic E-state index is 6.14. The molecule has 0 amide bonds. The Kier molecular flexibility index (Phi) is 4.83. The summed E-state index contributed by atoms with van der Waals surface area (Å²) in [5, 5.41) is 0. The van der Waals surface area contributed by atoms with Crippen LogP contribution in [0.3, 0.4) is 0 Å². The summed E-state index contributed by atoms with van der Waals surface area (Å²) in [5.74, 6) is 1.40. The first-order valence-electron chi connectivity index (χ1n) is 5.97. The van der Waals surface area contributed by atoms with Crippen LogP contribution in [-0.4, -0.2) is 25.9 Å². The molecule has 0 spiro atoms. The van der Waals surface area contributed by atoms with Gasteiger partial charge < -0.3 is 15.2 Å². The van der Waals surface area contributed by atoms with Crippen molar-refractivity contribution in [1.82, 2.24) is 0 Å². The molecule has 1 saturated heterocycles. The summed E-state index contributed by atoms with van der Waals surface area (Å²) < 4.78 is 12.1. The molecule has 1 unspecified atom stereocenters. The van der Waals surface area contributed by atoms with E-state index in [1.165, 1.54) is 0 Å². The van der Waals surface area contributed by atoms with Crippen molar-refractivity contribution in [2.45, 2.75) is 18.9 Å². The normalized spacial score (nSPS) is 18.9. The second-order valence-electron chi connectivity index (χ2n) is 4.38. The number of ether oxygens (including phenoxy) is 2. The van der Waals surface area contributed by atoms with Crippen molar-refractivity contribution in [3.05, 3.63) is 28.7 Å². The Morgan fingerprint density at radius 3 is 2.59 bits per heavy atom. The van der Waals surface area contributed by atoms with E-state index < -0.39 is 0 Å². The van der Waals surface area contributed by atoms with Crippen LogP contribution in [-0.2, 0) is 4.74 Å². The summed E-state index contributed by atoms with van der Waals surface area (Å²) in [4.78, 5) is 0.